The van der Waals surface area contributed by atoms with Crippen molar-refractivity contribution in [3.05, 3.63) is 36.7 Å². The van der Waals surface area contributed by atoms with Gasteiger partial charge in [0.15, 0.2) is 0 Å². The van der Waals surface area contributed by atoms with Gasteiger partial charge in [0.05, 0.1) is 29.8 Å². The molecule has 45 heavy (non-hydrogen) atoms. The first-order chi connectivity index (χ1) is 21.5. The van der Waals surface area contributed by atoms with Gasteiger partial charge in [-0.2, -0.15) is 0 Å². The maximum Gasteiger partial charge on any atom is 0.259 e. The molecule has 0 spiro atoms. The van der Waals surface area contributed by atoms with Crippen molar-refractivity contribution in [1.82, 2.24) is 24.9 Å². The Morgan fingerprint density at radius 2 is 1.91 bits per heavy atom. The first-order valence-corrected chi connectivity index (χ1v) is 17.3. The van der Waals surface area contributed by atoms with Crippen LogP contribution in [-0.4, -0.2) is 77.6 Å². The Labute approximate surface area is 263 Å². The minimum Gasteiger partial charge on any atom is -0.497 e. The zero-order chi connectivity index (χ0) is 31.9. The number of carbonyl (C=O) groups excluding carboxylic acids is 3. The number of ether oxygens (including phenoxy) is 2. The highest BCUT2D eigenvalue weighted by molar-refractivity contribution is 7.91. The lowest BCUT2D eigenvalue weighted by molar-refractivity contribution is -0.140. The molecule has 1 saturated heterocycles. The van der Waals surface area contributed by atoms with Crippen molar-refractivity contribution in [1.29, 1.82) is 0 Å². The summed E-state index contributed by atoms with van der Waals surface area (Å²) in [6.07, 6.45) is 9.13. The van der Waals surface area contributed by atoms with Gasteiger partial charge in [-0.15, -0.1) is 0 Å². The van der Waals surface area contributed by atoms with Crippen LogP contribution in [-0.2, 0) is 24.4 Å². The van der Waals surface area contributed by atoms with Gasteiger partial charge in [-0.1, -0.05) is 26.0 Å². The average molecular weight is 640 g/mol. The Hall–Kier alpha value is -3.74. The molecule has 2 saturated carbocycles. The molecular weight excluding hydrogens is 598 g/mol. The number of sulfonamides is 1. The van der Waals surface area contributed by atoms with E-state index in [0.29, 0.717) is 41.3 Å². The van der Waals surface area contributed by atoms with Crippen molar-refractivity contribution in [2.75, 3.05) is 13.7 Å². The molecule has 2 aliphatic heterocycles. The van der Waals surface area contributed by atoms with Crippen molar-refractivity contribution in [3.8, 4) is 11.6 Å². The summed E-state index contributed by atoms with van der Waals surface area (Å²) >= 11 is 0. The minimum absolute atomic E-state index is 0.115. The molecule has 2 aromatic rings. The summed E-state index contributed by atoms with van der Waals surface area (Å²) in [6, 6.07) is 4.46. The summed E-state index contributed by atoms with van der Waals surface area (Å²) in [5, 5.41) is 2.99. The number of hydrogen-bond acceptors (Lipinski definition) is 9. The van der Waals surface area contributed by atoms with Crippen LogP contribution in [0.3, 0.4) is 0 Å². The lowest BCUT2D eigenvalue weighted by atomic mass is 9.91. The fourth-order valence-corrected chi connectivity index (χ4v) is 8.07. The predicted molar refractivity (Wildman–Crippen MR) is 166 cm³/mol. The van der Waals surface area contributed by atoms with E-state index in [1.54, 1.807) is 30.2 Å². The van der Waals surface area contributed by atoms with E-state index in [0.717, 1.165) is 19.3 Å². The number of fused-ring (bicyclic) bond motifs is 3. The molecule has 1 aromatic carbocycles. The Morgan fingerprint density at radius 3 is 2.67 bits per heavy atom. The highest BCUT2D eigenvalue weighted by Gasteiger charge is 2.62. The van der Waals surface area contributed by atoms with Gasteiger partial charge in [0.25, 0.3) is 5.91 Å². The SMILES string of the molecule is COc1ccc2c(O[C@@H]3C[C@H]4C(=O)N[C@]5(C(=O)NS(=O)(=O)C6CC6)C[C@H]5/C=C\CC[C@H](C)C[C@@H](C)CC(=O)N4C3)ncnc2c1. The largest absolute Gasteiger partial charge is 0.497 e. The summed E-state index contributed by atoms with van der Waals surface area (Å²) in [5.41, 5.74) is -0.768. The lowest BCUT2D eigenvalue weighted by Gasteiger charge is -2.27. The van der Waals surface area contributed by atoms with E-state index in [1.165, 1.54) is 6.33 Å². The highest BCUT2D eigenvalue weighted by atomic mass is 32.2. The van der Waals surface area contributed by atoms with Gasteiger partial charge in [0.1, 0.15) is 29.8 Å². The number of nitrogens with one attached hydrogen (secondary N) is 2. The molecule has 0 unspecified atom stereocenters. The monoisotopic (exact) mass is 639 g/mol. The van der Waals surface area contributed by atoms with E-state index in [9.17, 15) is 22.8 Å². The van der Waals surface area contributed by atoms with Crippen molar-refractivity contribution < 1.29 is 32.3 Å². The van der Waals surface area contributed by atoms with Gasteiger partial charge in [0, 0.05) is 24.8 Å². The summed E-state index contributed by atoms with van der Waals surface area (Å²) in [7, 11) is -2.24. The number of aromatic nitrogens is 2. The number of nitrogens with zero attached hydrogens (tertiary/aromatic N) is 3. The molecule has 13 heteroatoms. The molecule has 3 heterocycles. The van der Waals surface area contributed by atoms with Crippen molar-refractivity contribution in [2.24, 2.45) is 17.8 Å². The van der Waals surface area contributed by atoms with Crippen LogP contribution in [0.1, 0.15) is 65.2 Å². The fraction of sp³-hybridized carbons (Fsp3) is 0.594. The first kappa shape index (κ1) is 31.3. The van der Waals surface area contributed by atoms with Crippen LogP contribution < -0.4 is 19.5 Å². The molecular formula is C32H41N5O7S. The molecule has 0 radical (unpaired) electrons. The second-order valence-electron chi connectivity index (χ2n) is 13.2. The lowest BCUT2D eigenvalue weighted by Crippen LogP contribution is -2.56. The first-order valence-electron chi connectivity index (χ1n) is 15.8. The summed E-state index contributed by atoms with van der Waals surface area (Å²) in [4.78, 5) is 51.4. The number of carbonyl (C=O) groups is 3. The maximum absolute atomic E-state index is 14.0. The van der Waals surface area contributed by atoms with Crippen LogP contribution in [0.15, 0.2) is 36.7 Å². The van der Waals surface area contributed by atoms with E-state index in [1.807, 2.05) is 12.2 Å². The second kappa shape index (κ2) is 12.2. The molecule has 6 atom stereocenters. The molecule has 242 valence electrons. The molecule has 2 N–H and O–H groups in total. The van der Waals surface area contributed by atoms with Crippen molar-refractivity contribution >= 4 is 38.6 Å². The fourth-order valence-electron chi connectivity index (χ4n) is 6.71. The number of allylic oxidation sites excluding steroid dienone is 1. The number of rotatable bonds is 6. The van der Waals surface area contributed by atoms with Crippen LogP contribution in [0.25, 0.3) is 10.9 Å². The van der Waals surface area contributed by atoms with E-state index in [-0.39, 0.29) is 43.6 Å². The summed E-state index contributed by atoms with van der Waals surface area (Å²) in [6.45, 7) is 4.39. The number of amides is 3. The van der Waals surface area contributed by atoms with Gasteiger partial charge < -0.3 is 19.7 Å². The van der Waals surface area contributed by atoms with Gasteiger partial charge in [-0.05, 0) is 62.5 Å². The van der Waals surface area contributed by atoms with Crippen LogP contribution in [0.5, 0.6) is 11.6 Å². The number of methoxy groups -OCH3 is 1. The average Bonchev–Trinajstić information content (AvgIpc) is 3.92. The Morgan fingerprint density at radius 1 is 1.11 bits per heavy atom. The van der Waals surface area contributed by atoms with E-state index in [4.69, 9.17) is 9.47 Å². The van der Waals surface area contributed by atoms with Gasteiger partial charge in [-0.3, -0.25) is 19.1 Å². The number of benzene rings is 1. The summed E-state index contributed by atoms with van der Waals surface area (Å²) in [5.74, 6) is -0.268. The third-order valence-corrected chi connectivity index (χ3v) is 11.3. The Kier molecular flexibility index (Phi) is 8.49. The standard InChI is InChI=1S/C32H41N5O7S/c1-19-6-4-5-7-21-16-32(21,31(40)36-45(41,42)24-9-10-24)35-29(39)27-15-23(17-37(27)28(38)13-20(2)12-19)44-30-25-11-8-22(43-3)14-26(25)33-18-34-30/h5,7-8,11,14,18-21,23-24,27H,4,6,9-10,12-13,15-17H2,1-3H3,(H,35,39)(H,36,40)/b7-5-/t19-,20+,21+,23+,27-,32+/m0/s1. The van der Waals surface area contributed by atoms with Gasteiger partial charge in [0.2, 0.25) is 27.7 Å². The third kappa shape index (κ3) is 6.63. The van der Waals surface area contributed by atoms with Crippen molar-refractivity contribution in [2.45, 2.75) is 88.1 Å². The zero-order valence-corrected chi connectivity index (χ0v) is 26.7. The van der Waals surface area contributed by atoms with Crippen LogP contribution in [0.4, 0.5) is 0 Å². The molecule has 12 nitrogen and oxygen atoms in total. The zero-order valence-electron chi connectivity index (χ0n) is 25.9. The van der Waals surface area contributed by atoms with Gasteiger partial charge >= 0.3 is 0 Å². The topological polar surface area (TPSA) is 157 Å². The van der Waals surface area contributed by atoms with Gasteiger partial charge in [-0.25, -0.2) is 18.4 Å². The van der Waals surface area contributed by atoms with E-state index >= 15 is 0 Å². The smallest absolute Gasteiger partial charge is 0.259 e. The van der Waals surface area contributed by atoms with E-state index < -0.39 is 44.8 Å². The Balaban J connectivity index is 1.27. The van der Waals surface area contributed by atoms with E-state index in [2.05, 4.69) is 33.9 Å². The molecule has 3 amide bonds. The number of hydrogen-bond donors (Lipinski definition) is 2. The van der Waals surface area contributed by atoms with Crippen LogP contribution in [0, 0.1) is 17.8 Å². The molecule has 6 rings (SSSR count). The van der Waals surface area contributed by atoms with Crippen molar-refractivity contribution in [3.63, 3.8) is 0 Å². The second-order valence-corrected chi connectivity index (χ2v) is 15.2. The molecule has 2 aliphatic carbocycles. The molecule has 3 fully saturated rings. The Bertz CT molecular complexity index is 1630. The van der Waals surface area contributed by atoms with Crippen LogP contribution >= 0.6 is 0 Å². The quantitative estimate of drug-likeness (QED) is 0.454. The van der Waals surface area contributed by atoms with Crippen LogP contribution in [0.2, 0.25) is 0 Å². The highest BCUT2D eigenvalue weighted by Crippen LogP contribution is 2.46. The summed E-state index contributed by atoms with van der Waals surface area (Å²) < 4.78 is 39.2. The minimum atomic E-state index is -3.82. The predicted octanol–water partition coefficient (Wildman–Crippen LogP) is 2.87. The molecule has 0 bridgehead atoms. The maximum atomic E-state index is 14.0. The third-order valence-electron chi connectivity index (χ3n) is 9.46. The molecule has 1 aromatic heterocycles. The normalized spacial score (nSPS) is 31.5. The molecule has 4 aliphatic rings.